The van der Waals surface area contributed by atoms with Crippen molar-refractivity contribution in [2.75, 3.05) is 14.2 Å². The van der Waals surface area contributed by atoms with Gasteiger partial charge in [0, 0.05) is 23.5 Å². The number of allylic oxidation sites excluding steroid dienone is 4. The summed E-state index contributed by atoms with van der Waals surface area (Å²) in [4.78, 5) is 25.2. The van der Waals surface area contributed by atoms with Crippen LogP contribution in [0.3, 0.4) is 0 Å². The molecule has 1 amide bonds. The number of amides is 1. The van der Waals surface area contributed by atoms with Crippen LogP contribution in [0.4, 0.5) is 4.79 Å². The van der Waals surface area contributed by atoms with Gasteiger partial charge in [-0.05, 0) is 36.4 Å². The SMILES string of the molecule is COC(=O)N1C=CC=CC(C(=O)c2ccc(OC)cc2)=C1. The Balaban J connectivity index is 2.27. The highest BCUT2D eigenvalue weighted by Gasteiger charge is 2.15. The van der Waals surface area contributed by atoms with Crippen molar-refractivity contribution in [2.24, 2.45) is 0 Å². The quantitative estimate of drug-likeness (QED) is 0.801. The van der Waals surface area contributed by atoms with Crippen LogP contribution in [0.1, 0.15) is 10.4 Å². The molecule has 0 aliphatic carbocycles. The van der Waals surface area contributed by atoms with Crippen molar-refractivity contribution in [3.8, 4) is 5.75 Å². The Labute approximate surface area is 122 Å². The van der Waals surface area contributed by atoms with E-state index >= 15 is 0 Å². The third-order valence-corrected chi connectivity index (χ3v) is 2.91. The smallest absolute Gasteiger partial charge is 0.417 e. The minimum Gasteiger partial charge on any atom is -0.497 e. The van der Waals surface area contributed by atoms with Gasteiger partial charge in [-0.25, -0.2) is 4.79 Å². The van der Waals surface area contributed by atoms with E-state index in [0.29, 0.717) is 16.9 Å². The molecule has 1 aromatic carbocycles. The standard InChI is InChI=1S/C16H15NO4/c1-20-14-8-6-12(7-9-14)15(18)13-5-3-4-10-17(11-13)16(19)21-2/h3-11H,1-2H3. The largest absolute Gasteiger partial charge is 0.497 e. The first-order valence-corrected chi connectivity index (χ1v) is 6.27. The van der Waals surface area contributed by atoms with Crippen LogP contribution in [0.25, 0.3) is 0 Å². The summed E-state index contributed by atoms with van der Waals surface area (Å²) >= 11 is 0. The van der Waals surface area contributed by atoms with E-state index in [4.69, 9.17) is 4.74 Å². The number of hydrogen-bond donors (Lipinski definition) is 0. The van der Waals surface area contributed by atoms with Gasteiger partial charge in [-0.2, -0.15) is 0 Å². The molecule has 0 spiro atoms. The first kappa shape index (κ1) is 14.6. The fourth-order valence-electron chi connectivity index (χ4n) is 1.80. The van der Waals surface area contributed by atoms with Gasteiger partial charge in [0.1, 0.15) is 5.75 Å². The number of Topliss-reactive ketones (excluding diaryl/α,β-unsaturated/α-hetero) is 1. The highest BCUT2D eigenvalue weighted by Crippen LogP contribution is 2.17. The third-order valence-electron chi connectivity index (χ3n) is 2.91. The van der Waals surface area contributed by atoms with Crippen LogP contribution in [-0.4, -0.2) is 31.0 Å². The van der Waals surface area contributed by atoms with Gasteiger partial charge in [-0.3, -0.25) is 9.69 Å². The second kappa shape index (κ2) is 6.56. The zero-order valence-electron chi connectivity index (χ0n) is 11.8. The molecule has 5 nitrogen and oxygen atoms in total. The van der Waals surface area contributed by atoms with Gasteiger partial charge in [0.15, 0.2) is 5.78 Å². The van der Waals surface area contributed by atoms with Crippen LogP contribution >= 0.6 is 0 Å². The van der Waals surface area contributed by atoms with Crippen molar-refractivity contribution in [1.29, 1.82) is 0 Å². The summed E-state index contributed by atoms with van der Waals surface area (Å²) < 4.78 is 9.70. The number of methoxy groups -OCH3 is 2. The highest BCUT2D eigenvalue weighted by atomic mass is 16.5. The lowest BCUT2D eigenvalue weighted by Crippen LogP contribution is -2.20. The maximum absolute atomic E-state index is 12.4. The molecule has 0 aromatic heterocycles. The Morgan fingerprint density at radius 1 is 1.05 bits per heavy atom. The fourth-order valence-corrected chi connectivity index (χ4v) is 1.80. The lowest BCUT2D eigenvalue weighted by Gasteiger charge is -2.12. The van der Waals surface area contributed by atoms with Gasteiger partial charge < -0.3 is 9.47 Å². The lowest BCUT2D eigenvalue weighted by molar-refractivity contribution is 0.103. The summed E-state index contributed by atoms with van der Waals surface area (Å²) in [7, 11) is 2.85. The van der Waals surface area contributed by atoms with Gasteiger partial charge in [-0.15, -0.1) is 0 Å². The Hall–Kier alpha value is -2.82. The topological polar surface area (TPSA) is 55.8 Å². The molecular formula is C16H15NO4. The van der Waals surface area contributed by atoms with E-state index < -0.39 is 6.09 Å². The van der Waals surface area contributed by atoms with Crippen LogP contribution in [0.5, 0.6) is 5.75 Å². The van der Waals surface area contributed by atoms with E-state index in [1.54, 1.807) is 49.6 Å². The Morgan fingerprint density at radius 3 is 2.38 bits per heavy atom. The van der Waals surface area contributed by atoms with E-state index in [2.05, 4.69) is 4.74 Å². The Morgan fingerprint density at radius 2 is 1.76 bits per heavy atom. The molecule has 0 radical (unpaired) electrons. The van der Waals surface area contributed by atoms with Crippen molar-refractivity contribution in [3.05, 3.63) is 66.0 Å². The lowest BCUT2D eigenvalue weighted by atomic mass is 10.0. The molecule has 0 saturated carbocycles. The first-order valence-electron chi connectivity index (χ1n) is 6.27. The Kier molecular flexibility index (Phi) is 4.56. The van der Waals surface area contributed by atoms with Crippen molar-refractivity contribution in [2.45, 2.75) is 0 Å². The predicted molar refractivity (Wildman–Crippen MR) is 77.9 cm³/mol. The molecule has 0 unspecified atom stereocenters. The molecule has 0 atom stereocenters. The number of ether oxygens (including phenoxy) is 2. The summed E-state index contributed by atoms with van der Waals surface area (Å²) in [5, 5.41) is 0. The molecule has 2 rings (SSSR count). The summed E-state index contributed by atoms with van der Waals surface area (Å²) in [5.41, 5.74) is 0.897. The molecule has 1 aromatic rings. The number of ketones is 1. The van der Waals surface area contributed by atoms with Crippen molar-refractivity contribution in [1.82, 2.24) is 4.90 Å². The number of nitrogens with zero attached hydrogens (tertiary/aromatic N) is 1. The maximum atomic E-state index is 12.4. The van der Waals surface area contributed by atoms with E-state index in [-0.39, 0.29) is 5.78 Å². The van der Waals surface area contributed by atoms with Crippen molar-refractivity contribution in [3.63, 3.8) is 0 Å². The normalized spacial score (nSPS) is 13.4. The summed E-state index contributed by atoms with van der Waals surface area (Å²) in [5.74, 6) is 0.487. The van der Waals surface area contributed by atoms with Crippen LogP contribution in [0.15, 0.2) is 60.5 Å². The van der Waals surface area contributed by atoms with Gasteiger partial charge in [0.05, 0.1) is 14.2 Å². The van der Waals surface area contributed by atoms with E-state index in [9.17, 15) is 9.59 Å². The van der Waals surface area contributed by atoms with E-state index in [0.717, 1.165) is 0 Å². The monoisotopic (exact) mass is 285 g/mol. The molecule has 5 heteroatoms. The van der Waals surface area contributed by atoms with Crippen LogP contribution in [0, 0.1) is 0 Å². The molecule has 1 aliphatic rings. The molecule has 0 bridgehead atoms. The minimum atomic E-state index is -0.560. The summed E-state index contributed by atoms with van der Waals surface area (Å²) in [6.07, 6.45) is 7.40. The molecule has 0 fully saturated rings. The fraction of sp³-hybridized carbons (Fsp3) is 0.125. The second-order valence-electron chi connectivity index (χ2n) is 4.22. The van der Waals surface area contributed by atoms with Crippen molar-refractivity contribution >= 4 is 11.9 Å². The molecular weight excluding hydrogens is 270 g/mol. The first-order chi connectivity index (χ1) is 10.2. The van der Waals surface area contributed by atoms with Crippen LogP contribution in [-0.2, 0) is 4.74 Å². The van der Waals surface area contributed by atoms with Crippen LogP contribution < -0.4 is 4.74 Å². The average Bonchev–Trinajstić information content (AvgIpc) is 2.79. The third kappa shape index (κ3) is 3.39. The molecule has 21 heavy (non-hydrogen) atoms. The van der Waals surface area contributed by atoms with Gasteiger partial charge in [0.2, 0.25) is 0 Å². The average molecular weight is 285 g/mol. The van der Waals surface area contributed by atoms with E-state index in [1.165, 1.54) is 24.4 Å². The van der Waals surface area contributed by atoms with Crippen LogP contribution in [0.2, 0.25) is 0 Å². The number of hydrogen-bond acceptors (Lipinski definition) is 4. The molecule has 1 aliphatic heterocycles. The zero-order valence-corrected chi connectivity index (χ0v) is 11.8. The molecule has 1 heterocycles. The number of benzene rings is 1. The van der Waals surface area contributed by atoms with Crippen molar-refractivity contribution < 1.29 is 19.1 Å². The Bertz CT molecular complexity index is 626. The zero-order chi connectivity index (χ0) is 15.2. The van der Waals surface area contributed by atoms with Gasteiger partial charge in [0.25, 0.3) is 0 Å². The van der Waals surface area contributed by atoms with Gasteiger partial charge >= 0.3 is 6.09 Å². The number of carbonyl (C=O) groups excluding carboxylic acids is 2. The number of carbonyl (C=O) groups is 2. The van der Waals surface area contributed by atoms with Gasteiger partial charge in [-0.1, -0.05) is 6.08 Å². The number of rotatable bonds is 3. The second-order valence-corrected chi connectivity index (χ2v) is 4.22. The molecule has 108 valence electrons. The van der Waals surface area contributed by atoms with E-state index in [1.807, 2.05) is 0 Å². The molecule has 0 saturated heterocycles. The summed E-state index contributed by atoms with van der Waals surface area (Å²) in [6.45, 7) is 0. The molecule has 0 N–H and O–H groups in total. The predicted octanol–water partition coefficient (Wildman–Crippen LogP) is 2.91. The minimum absolute atomic E-state index is 0.188. The highest BCUT2D eigenvalue weighted by molar-refractivity contribution is 6.10. The maximum Gasteiger partial charge on any atom is 0.417 e. The summed E-state index contributed by atoms with van der Waals surface area (Å²) in [6, 6.07) is 6.78.